The minimum atomic E-state index is -1.12. The number of ether oxygens (including phenoxy) is 1. The van der Waals surface area contributed by atoms with E-state index in [1.54, 1.807) is 24.3 Å². The minimum absolute atomic E-state index is 0.277. The van der Waals surface area contributed by atoms with Crippen LogP contribution in [0.4, 0.5) is 11.5 Å². The summed E-state index contributed by atoms with van der Waals surface area (Å²) in [5, 5.41) is 14.9. The van der Waals surface area contributed by atoms with E-state index >= 15 is 0 Å². The highest BCUT2D eigenvalue weighted by atomic mass is 32.1. The van der Waals surface area contributed by atoms with Crippen LogP contribution in [0.2, 0.25) is 0 Å². The van der Waals surface area contributed by atoms with Crippen molar-refractivity contribution in [1.82, 2.24) is 15.3 Å². The number of esters is 1. The normalized spacial score (nSPS) is 10.7. The summed E-state index contributed by atoms with van der Waals surface area (Å²) in [6, 6.07) is 16.3. The Balaban J connectivity index is 1.47. The molecule has 0 aliphatic carbocycles. The molecule has 4 rings (SSSR count). The third-order valence-electron chi connectivity index (χ3n) is 5.19. The topological polar surface area (TPSA) is 131 Å². The second-order valence-electron chi connectivity index (χ2n) is 7.61. The van der Waals surface area contributed by atoms with Crippen LogP contribution >= 0.6 is 11.3 Å². The van der Waals surface area contributed by atoms with E-state index in [9.17, 15) is 14.4 Å². The predicted molar refractivity (Wildman–Crippen MR) is 132 cm³/mol. The number of hydrogen-bond acceptors (Lipinski definition) is 8. The molecule has 0 unspecified atom stereocenters. The van der Waals surface area contributed by atoms with Crippen molar-refractivity contribution in [3.05, 3.63) is 82.5 Å². The Labute approximate surface area is 204 Å². The van der Waals surface area contributed by atoms with Crippen molar-refractivity contribution in [2.45, 2.75) is 13.3 Å². The van der Waals surface area contributed by atoms with Gasteiger partial charge in [-0.25, -0.2) is 14.8 Å². The van der Waals surface area contributed by atoms with Crippen LogP contribution in [-0.2, 0) is 16.0 Å². The van der Waals surface area contributed by atoms with Gasteiger partial charge in [0.15, 0.2) is 0 Å². The van der Waals surface area contributed by atoms with E-state index in [1.165, 1.54) is 17.7 Å². The predicted octanol–water partition coefficient (Wildman–Crippen LogP) is 3.96. The number of fused-ring (bicyclic) bond motifs is 1. The number of benzene rings is 2. The number of carboxylic acid groups (broad SMARTS) is 1. The molecule has 0 fully saturated rings. The third-order valence-corrected chi connectivity index (χ3v) is 6.37. The van der Waals surface area contributed by atoms with Gasteiger partial charge in [0, 0.05) is 17.7 Å². The molecule has 0 bridgehead atoms. The first-order valence-electron chi connectivity index (χ1n) is 10.7. The van der Waals surface area contributed by atoms with E-state index in [4.69, 9.17) is 9.84 Å². The van der Waals surface area contributed by atoms with Gasteiger partial charge in [-0.05, 0) is 42.3 Å². The fourth-order valence-electron chi connectivity index (χ4n) is 3.43. The molecule has 0 saturated heterocycles. The van der Waals surface area contributed by atoms with Gasteiger partial charge in [0.25, 0.3) is 5.91 Å². The van der Waals surface area contributed by atoms with E-state index in [2.05, 4.69) is 20.6 Å². The zero-order valence-electron chi connectivity index (χ0n) is 18.8. The summed E-state index contributed by atoms with van der Waals surface area (Å²) in [5.74, 6) is -1.47. The average Bonchev–Trinajstić information content (AvgIpc) is 3.21. The summed E-state index contributed by atoms with van der Waals surface area (Å²) in [5.41, 5.74) is 2.81. The van der Waals surface area contributed by atoms with Gasteiger partial charge in [-0.15, -0.1) is 11.3 Å². The molecule has 178 valence electrons. The van der Waals surface area contributed by atoms with E-state index in [-0.39, 0.29) is 6.61 Å². The summed E-state index contributed by atoms with van der Waals surface area (Å²) in [6.45, 7) is 1.66. The number of thiophene rings is 1. The second-order valence-corrected chi connectivity index (χ2v) is 8.61. The van der Waals surface area contributed by atoms with Crippen LogP contribution in [0.5, 0.6) is 0 Å². The monoisotopic (exact) mass is 490 g/mol. The summed E-state index contributed by atoms with van der Waals surface area (Å²) in [4.78, 5) is 45.1. The molecule has 0 spiro atoms. The molecule has 9 nitrogen and oxygen atoms in total. The summed E-state index contributed by atoms with van der Waals surface area (Å²) in [7, 11) is 0. The summed E-state index contributed by atoms with van der Waals surface area (Å²) >= 11 is 1.25. The standard InChI is InChI=1S/C25H22N4O5S/c1-15-20-22(29-18-9-7-17(8-10-18)23(32)26-13-19(30)31)27-14-28-24(20)35-21(15)25(33)34-12-11-16-5-3-2-4-6-16/h2-10,14H,11-13H2,1H3,(H,26,32)(H,30,31)(H,27,28,29). The molecule has 0 saturated carbocycles. The Hall–Kier alpha value is -4.31. The number of anilines is 2. The van der Waals surface area contributed by atoms with Crippen molar-refractivity contribution < 1.29 is 24.2 Å². The molecular weight excluding hydrogens is 468 g/mol. The van der Waals surface area contributed by atoms with Crippen molar-refractivity contribution >= 4 is 50.9 Å². The van der Waals surface area contributed by atoms with Gasteiger partial charge in [-0.1, -0.05) is 30.3 Å². The van der Waals surface area contributed by atoms with E-state index in [0.29, 0.717) is 33.2 Å². The van der Waals surface area contributed by atoms with Crippen molar-refractivity contribution in [3.8, 4) is 0 Å². The smallest absolute Gasteiger partial charge is 0.348 e. The van der Waals surface area contributed by atoms with Crippen molar-refractivity contribution in [2.75, 3.05) is 18.5 Å². The number of carbonyl (C=O) groups excluding carboxylic acids is 2. The number of nitrogens with one attached hydrogen (secondary N) is 2. The Kier molecular flexibility index (Phi) is 7.32. The van der Waals surface area contributed by atoms with Gasteiger partial charge >= 0.3 is 11.9 Å². The number of rotatable bonds is 9. The SMILES string of the molecule is Cc1c(C(=O)OCCc2ccccc2)sc2ncnc(Nc3ccc(C(=O)NCC(=O)O)cc3)c12. The van der Waals surface area contributed by atoms with E-state index < -0.39 is 24.4 Å². The lowest BCUT2D eigenvalue weighted by Gasteiger charge is -2.09. The highest BCUT2D eigenvalue weighted by Gasteiger charge is 2.20. The summed E-state index contributed by atoms with van der Waals surface area (Å²) in [6.07, 6.45) is 2.05. The van der Waals surface area contributed by atoms with Crippen LogP contribution in [0.25, 0.3) is 10.2 Å². The molecule has 2 heterocycles. The van der Waals surface area contributed by atoms with Gasteiger partial charge in [0.1, 0.15) is 28.4 Å². The molecule has 0 aliphatic rings. The van der Waals surface area contributed by atoms with Gasteiger partial charge in [0.2, 0.25) is 0 Å². The maximum absolute atomic E-state index is 12.7. The Morgan fingerprint density at radius 1 is 1.03 bits per heavy atom. The van der Waals surface area contributed by atoms with Crippen LogP contribution in [0.1, 0.15) is 31.2 Å². The first kappa shape index (κ1) is 23.8. The average molecular weight is 491 g/mol. The number of carboxylic acids is 1. The van der Waals surface area contributed by atoms with Crippen LogP contribution in [-0.4, -0.2) is 46.1 Å². The molecule has 35 heavy (non-hydrogen) atoms. The summed E-state index contributed by atoms with van der Waals surface area (Å²) < 4.78 is 5.50. The zero-order valence-corrected chi connectivity index (χ0v) is 19.6. The van der Waals surface area contributed by atoms with Crippen molar-refractivity contribution in [1.29, 1.82) is 0 Å². The molecule has 3 N–H and O–H groups in total. The fraction of sp³-hybridized carbons (Fsp3) is 0.160. The van der Waals surface area contributed by atoms with Crippen LogP contribution in [0.15, 0.2) is 60.9 Å². The third kappa shape index (κ3) is 5.79. The molecule has 0 atom stereocenters. The molecule has 0 aliphatic heterocycles. The minimum Gasteiger partial charge on any atom is -0.480 e. The first-order chi connectivity index (χ1) is 16.9. The lowest BCUT2D eigenvalue weighted by atomic mass is 10.1. The first-order valence-corrected chi connectivity index (χ1v) is 11.6. The molecule has 10 heteroatoms. The molecule has 4 aromatic rings. The molecule has 2 aromatic carbocycles. The van der Waals surface area contributed by atoms with Crippen LogP contribution in [0.3, 0.4) is 0 Å². The van der Waals surface area contributed by atoms with Crippen LogP contribution in [0, 0.1) is 6.92 Å². The van der Waals surface area contributed by atoms with Crippen molar-refractivity contribution in [2.24, 2.45) is 0 Å². The van der Waals surface area contributed by atoms with Crippen molar-refractivity contribution in [3.63, 3.8) is 0 Å². The zero-order chi connectivity index (χ0) is 24.8. The molecule has 1 amide bonds. The number of nitrogens with zero attached hydrogens (tertiary/aromatic N) is 2. The number of aromatic nitrogens is 2. The Morgan fingerprint density at radius 2 is 1.77 bits per heavy atom. The molecular formula is C25H22N4O5S. The maximum Gasteiger partial charge on any atom is 0.348 e. The Morgan fingerprint density at radius 3 is 2.49 bits per heavy atom. The van der Waals surface area contributed by atoms with Gasteiger partial charge < -0.3 is 20.5 Å². The molecule has 0 radical (unpaired) electrons. The van der Waals surface area contributed by atoms with Gasteiger partial charge in [-0.3, -0.25) is 9.59 Å². The Bertz CT molecular complexity index is 1370. The van der Waals surface area contributed by atoms with E-state index in [0.717, 1.165) is 16.5 Å². The second kappa shape index (κ2) is 10.7. The van der Waals surface area contributed by atoms with Gasteiger partial charge in [0.05, 0.1) is 12.0 Å². The van der Waals surface area contributed by atoms with Gasteiger partial charge in [-0.2, -0.15) is 0 Å². The van der Waals surface area contributed by atoms with Crippen LogP contribution < -0.4 is 10.6 Å². The lowest BCUT2D eigenvalue weighted by molar-refractivity contribution is -0.135. The van der Waals surface area contributed by atoms with E-state index in [1.807, 2.05) is 37.3 Å². The number of hydrogen-bond donors (Lipinski definition) is 3. The highest BCUT2D eigenvalue weighted by molar-refractivity contribution is 7.20. The largest absolute Gasteiger partial charge is 0.480 e. The number of carbonyl (C=O) groups is 3. The molecule has 2 aromatic heterocycles. The lowest BCUT2D eigenvalue weighted by Crippen LogP contribution is -2.29. The fourth-order valence-corrected chi connectivity index (χ4v) is 4.47. The number of amides is 1. The number of aryl methyl sites for hydroxylation is 1. The quantitative estimate of drug-likeness (QED) is 0.301. The highest BCUT2D eigenvalue weighted by Crippen LogP contribution is 2.34. The number of aliphatic carboxylic acids is 1. The maximum atomic E-state index is 12.7.